The van der Waals surface area contributed by atoms with E-state index in [1.807, 2.05) is 12.1 Å². The van der Waals surface area contributed by atoms with Crippen LogP contribution in [-0.4, -0.2) is 18.3 Å². The van der Waals surface area contributed by atoms with Crippen LogP contribution in [0, 0.1) is 0 Å². The van der Waals surface area contributed by atoms with Crippen molar-refractivity contribution in [3.8, 4) is 17.0 Å². The molecule has 3 aromatic rings. The van der Waals surface area contributed by atoms with Gasteiger partial charge in [-0.3, -0.25) is 0 Å². The fraction of sp³-hybridized carbons (Fsp3) is 0.158. The Balaban J connectivity index is 1.66. The molecule has 3 nitrogen and oxygen atoms in total. The first kappa shape index (κ1) is 16.6. The van der Waals surface area contributed by atoms with Gasteiger partial charge < -0.3 is 4.74 Å². The van der Waals surface area contributed by atoms with Crippen LogP contribution in [-0.2, 0) is 12.8 Å². The molecular weight excluding hydrogens is 375 g/mol. The Kier molecular flexibility index (Phi) is 4.50. The minimum Gasteiger partial charge on any atom is -0.497 e. The van der Waals surface area contributed by atoms with Crippen molar-refractivity contribution in [2.75, 3.05) is 7.11 Å². The highest BCUT2D eigenvalue weighted by molar-refractivity contribution is 7.15. The molecule has 2 aromatic carbocycles. The summed E-state index contributed by atoms with van der Waals surface area (Å²) in [4.78, 5) is 10.5. The fourth-order valence-electron chi connectivity index (χ4n) is 2.89. The maximum Gasteiger partial charge on any atom is 0.209 e. The lowest BCUT2D eigenvalue weighted by Gasteiger charge is -2.15. The second kappa shape index (κ2) is 6.79. The highest BCUT2D eigenvalue weighted by atomic mass is 35.5. The molecule has 126 valence electrons. The van der Waals surface area contributed by atoms with Crippen molar-refractivity contribution in [1.29, 1.82) is 0 Å². The molecule has 0 aliphatic heterocycles. The third-order valence-corrected chi connectivity index (χ3v) is 5.74. The van der Waals surface area contributed by atoms with E-state index in [1.54, 1.807) is 36.8 Å². The number of aromatic nitrogens is 1. The SMILES string of the molecule is COc1ccc2c(c1)CCc1sc(N=Cc3ccc(Cl)cc3Cl)nc1-2. The minimum absolute atomic E-state index is 0.579. The monoisotopic (exact) mass is 388 g/mol. The van der Waals surface area contributed by atoms with Crippen LogP contribution in [0.15, 0.2) is 41.4 Å². The molecular formula is C19H14Cl2N2OS. The van der Waals surface area contributed by atoms with Gasteiger partial charge in [0, 0.05) is 27.2 Å². The summed E-state index contributed by atoms with van der Waals surface area (Å²) in [6.07, 6.45) is 3.70. The average Bonchev–Trinajstić information content (AvgIpc) is 3.04. The van der Waals surface area contributed by atoms with E-state index in [0.29, 0.717) is 10.0 Å². The molecule has 4 rings (SSSR count). The minimum atomic E-state index is 0.579. The summed E-state index contributed by atoms with van der Waals surface area (Å²) in [6, 6.07) is 11.5. The summed E-state index contributed by atoms with van der Waals surface area (Å²) >= 11 is 13.7. The normalized spacial score (nSPS) is 12.9. The van der Waals surface area contributed by atoms with Gasteiger partial charge in [0.25, 0.3) is 0 Å². The summed E-state index contributed by atoms with van der Waals surface area (Å²) in [7, 11) is 1.69. The zero-order chi connectivity index (χ0) is 17.4. The summed E-state index contributed by atoms with van der Waals surface area (Å²) in [6.45, 7) is 0. The molecule has 0 amide bonds. The Morgan fingerprint density at radius 2 is 2.04 bits per heavy atom. The number of methoxy groups -OCH3 is 1. The van der Waals surface area contributed by atoms with E-state index < -0.39 is 0 Å². The third-order valence-electron chi connectivity index (χ3n) is 4.15. The van der Waals surface area contributed by atoms with Gasteiger partial charge in [-0.2, -0.15) is 0 Å². The van der Waals surface area contributed by atoms with Crippen molar-refractivity contribution in [3.05, 3.63) is 62.4 Å². The maximum atomic E-state index is 6.19. The molecule has 1 aliphatic rings. The molecule has 0 saturated heterocycles. The van der Waals surface area contributed by atoms with E-state index in [2.05, 4.69) is 17.1 Å². The second-order valence-corrected chi connectivity index (χ2v) is 7.62. The number of hydrogen-bond acceptors (Lipinski definition) is 4. The Bertz CT molecular complexity index is 982. The van der Waals surface area contributed by atoms with E-state index in [1.165, 1.54) is 16.0 Å². The number of benzene rings is 2. The van der Waals surface area contributed by atoms with Gasteiger partial charge in [0.2, 0.25) is 5.13 Å². The molecule has 1 aromatic heterocycles. The van der Waals surface area contributed by atoms with E-state index in [-0.39, 0.29) is 0 Å². The Hall–Kier alpha value is -1.88. The number of fused-ring (bicyclic) bond motifs is 3. The van der Waals surface area contributed by atoms with E-state index in [0.717, 1.165) is 35.0 Å². The van der Waals surface area contributed by atoms with Crippen LogP contribution < -0.4 is 4.74 Å². The lowest BCUT2D eigenvalue weighted by Crippen LogP contribution is -2.02. The lowest BCUT2D eigenvalue weighted by atomic mass is 9.93. The van der Waals surface area contributed by atoms with Crippen molar-refractivity contribution in [2.45, 2.75) is 12.8 Å². The van der Waals surface area contributed by atoms with E-state index in [4.69, 9.17) is 32.9 Å². The summed E-state index contributed by atoms with van der Waals surface area (Å²) in [5.41, 5.74) is 4.30. The van der Waals surface area contributed by atoms with Gasteiger partial charge in [0.05, 0.1) is 17.8 Å². The van der Waals surface area contributed by atoms with Crippen LogP contribution in [0.1, 0.15) is 16.0 Å². The first-order valence-electron chi connectivity index (χ1n) is 7.80. The summed E-state index contributed by atoms with van der Waals surface area (Å²) in [5, 5.41) is 1.92. The smallest absolute Gasteiger partial charge is 0.209 e. The van der Waals surface area contributed by atoms with Crippen LogP contribution in [0.25, 0.3) is 11.3 Å². The molecule has 0 fully saturated rings. The molecule has 6 heteroatoms. The Labute approximate surface area is 159 Å². The van der Waals surface area contributed by atoms with E-state index in [9.17, 15) is 0 Å². The predicted molar refractivity (Wildman–Crippen MR) is 105 cm³/mol. The van der Waals surface area contributed by atoms with Gasteiger partial charge in [-0.25, -0.2) is 9.98 Å². The van der Waals surface area contributed by atoms with Gasteiger partial charge in [0.1, 0.15) is 5.75 Å². The zero-order valence-electron chi connectivity index (χ0n) is 13.4. The van der Waals surface area contributed by atoms with Crippen molar-refractivity contribution in [1.82, 2.24) is 4.98 Å². The largest absolute Gasteiger partial charge is 0.497 e. The quantitative estimate of drug-likeness (QED) is 0.517. The van der Waals surface area contributed by atoms with Crippen molar-refractivity contribution < 1.29 is 4.74 Å². The molecule has 0 radical (unpaired) electrons. The number of ether oxygens (including phenoxy) is 1. The van der Waals surface area contributed by atoms with Gasteiger partial charge in [-0.05, 0) is 48.7 Å². The first-order chi connectivity index (χ1) is 12.1. The molecule has 25 heavy (non-hydrogen) atoms. The Morgan fingerprint density at radius 3 is 2.84 bits per heavy atom. The summed E-state index contributed by atoms with van der Waals surface area (Å²) < 4.78 is 5.32. The topological polar surface area (TPSA) is 34.5 Å². The second-order valence-electron chi connectivity index (χ2n) is 5.72. The first-order valence-corrected chi connectivity index (χ1v) is 9.37. The number of thiazole rings is 1. The van der Waals surface area contributed by atoms with Gasteiger partial charge in [0.15, 0.2) is 0 Å². The number of rotatable bonds is 3. The van der Waals surface area contributed by atoms with Gasteiger partial charge in [-0.1, -0.05) is 40.6 Å². The standard InChI is InChI=1S/C19H14Cl2N2OS/c1-24-14-5-6-15-11(8-14)3-7-17-18(15)23-19(25-17)22-10-12-2-4-13(20)9-16(12)21/h2,4-6,8-10H,3,7H2,1H3. The molecule has 0 saturated carbocycles. The van der Waals surface area contributed by atoms with Crippen molar-refractivity contribution >= 4 is 45.9 Å². The molecule has 1 heterocycles. The summed E-state index contributed by atoms with van der Waals surface area (Å²) in [5.74, 6) is 0.882. The van der Waals surface area contributed by atoms with Gasteiger partial charge in [-0.15, -0.1) is 0 Å². The Morgan fingerprint density at radius 1 is 1.16 bits per heavy atom. The molecule has 0 N–H and O–H groups in total. The predicted octanol–water partition coefficient (Wildman–Crippen LogP) is 5.97. The third kappa shape index (κ3) is 3.30. The van der Waals surface area contributed by atoms with Crippen LogP contribution in [0.4, 0.5) is 5.13 Å². The number of aryl methyl sites for hydroxylation is 2. The number of nitrogens with zero attached hydrogens (tertiary/aromatic N) is 2. The lowest BCUT2D eigenvalue weighted by molar-refractivity contribution is 0.414. The number of halogens is 2. The highest BCUT2D eigenvalue weighted by Crippen LogP contribution is 2.40. The molecule has 0 bridgehead atoms. The zero-order valence-corrected chi connectivity index (χ0v) is 15.8. The van der Waals surface area contributed by atoms with Crippen LogP contribution in [0.3, 0.4) is 0 Å². The molecule has 0 unspecified atom stereocenters. The van der Waals surface area contributed by atoms with Crippen LogP contribution in [0.2, 0.25) is 10.0 Å². The van der Waals surface area contributed by atoms with Crippen molar-refractivity contribution in [3.63, 3.8) is 0 Å². The molecule has 1 aliphatic carbocycles. The van der Waals surface area contributed by atoms with Crippen LogP contribution in [0.5, 0.6) is 5.75 Å². The fourth-order valence-corrected chi connectivity index (χ4v) is 4.26. The molecule has 0 spiro atoms. The highest BCUT2D eigenvalue weighted by Gasteiger charge is 2.21. The van der Waals surface area contributed by atoms with Crippen molar-refractivity contribution in [2.24, 2.45) is 4.99 Å². The number of hydrogen-bond donors (Lipinski definition) is 0. The average molecular weight is 389 g/mol. The van der Waals surface area contributed by atoms with Crippen LogP contribution >= 0.6 is 34.5 Å². The van der Waals surface area contributed by atoms with E-state index >= 15 is 0 Å². The molecule has 0 atom stereocenters. The number of aliphatic imine (C=N–C) groups is 1. The van der Waals surface area contributed by atoms with Gasteiger partial charge >= 0.3 is 0 Å². The maximum absolute atomic E-state index is 6.19.